The van der Waals surface area contributed by atoms with Crippen LogP contribution in [-0.2, 0) is 9.59 Å². The van der Waals surface area contributed by atoms with Crippen molar-refractivity contribution in [2.75, 3.05) is 22.6 Å². The Bertz CT molecular complexity index is 1340. The van der Waals surface area contributed by atoms with E-state index in [1.807, 2.05) is 0 Å². The number of benzene rings is 3. The van der Waals surface area contributed by atoms with Crippen LogP contribution in [0, 0.1) is 0 Å². The number of nitrogens with one attached hydrogen (secondary N) is 2. The second-order valence-electron chi connectivity index (χ2n) is 7.09. The monoisotopic (exact) mass is 515 g/mol. The van der Waals surface area contributed by atoms with Crippen LogP contribution in [0.1, 0.15) is 10.4 Å². The van der Waals surface area contributed by atoms with Crippen molar-refractivity contribution < 1.29 is 19.1 Å². The number of anilines is 3. The second-order valence-corrected chi connectivity index (χ2v) is 8.31. The molecule has 0 radical (unpaired) electrons. The van der Waals surface area contributed by atoms with Gasteiger partial charge in [-0.1, -0.05) is 46.9 Å². The molecule has 0 atom stereocenters. The highest BCUT2D eigenvalue weighted by Gasteiger charge is 2.40. The van der Waals surface area contributed by atoms with Crippen molar-refractivity contribution in [3.63, 3.8) is 0 Å². The standard InChI is InChI=1S/C24H16Cl3N3O4/c1-34-19-11-8-14(25)12-18(19)30-23(32)20(27)21(24(30)33)28-15-9-6-13(7-10-15)22(31)29-17-5-3-2-4-16(17)26/h2-12,28H,1H3,(H,29,31). The highest BCUT2D eigenvalue weighted by Crippen LogP contribution is 2.37. The van der Waals surface area contributed by atoms with Crippen molar-refractivity contribution in [1.82, 2.24) is 0 Å². The van der Waals surface area contributed by atoms with Gasteiger partial charge in [-0.3, -0.25) is 14.4 Å². The Labute approximate surface area is 209 Å². The Balaban J connectivity index is 1.52. The van der Waals surface area contributed by atoms with Gasteiger partial charge in [0.15, 0.2) is 0 Å². The first kappa shape index (κ1) is 23.6. The molecule has 1 heterocycles. The summed E-state index contributed by atoms with van der Waals surface area (Å²) in [5.74, 6) is -1.46. The molecule has 2 N–H and O–H groups in total. The zero-order valence-corrected chi connectivity index (χ0v) is 19.8. The van der Waals surface area contributed by atoms with E-state index >= 15 is 0 Å². The Morgan fingerprint density at radius 1 is 0.912 bits per heavy atom. The summed E-state index contributed by atoms with van der Waals surface area (Å²) >= 11 is 18.3. The Morgan fingerprint density at radius 2 is 1.62 bits per heavy atom. The smallest absolute Gasteiger partial charge is 0.283 e. The molecule has 0 bridgehead atoms. The fraction of sp³-hybridized carbons (Fsp3) is 0.0417. The Hall–Kier alpha value is -3.52. The summed E-state index contributed by atoms with van der Waals surface area (Å²) in [5.41, 5.74) is 1.36. The Kier molecular flexibility index (Phi) is 6.79. The minimum Gasteiger partial charge on any atom is -0.495 e. The molecule has 0 saturated carbocycles. The highest BCUT2D eigenvalue weighted by molar-refractivity contribution is 6.53. The topological polar surface area (TPSA) is 87.7 Å². The van der Waals surface area contributed by atoms with Crippen molar-refractivity contribution in [3.05, 3.63) is 93.1 Å². The molecule has 0 aliphatic carbocycles. The van der Waals surface area contributed by atoms with E-state index in [-0.39, 0.29) is 28.1 Å². The number of nitrogens with zero attached hydrogens (tertiary/aromatic N) is 1. The van der Waals surface area contributed by atoms with E-state index in [1.165, 1.54) is 13.2 Å². The number of methoxy groups -OCH3 is 1. The van der Waals surface area contributed by atoms with Crippen LogP contribution in [0.15, 0.2) is 77.5 Å². The van der Waals surface area contributed by atoms with Gasteiger partial charge in [0.2, 0.25) is 0 Å². The number of halogens is 3. The third kappa shape index (κ3) is 4.59. The molecule has 0 spiro atoms. The first-order chi connectivity index (χ1) is 16.3. The number of carbonyl (C=O) groups excluding carboxylic acids is 3. The van der Waals surface area contributed by atoms with Gasteiger partial charge >= 0.3 is 0 Å². The number of ether oxygens (including phenoxy) is 1. The molecular weight excluding hydrogens is 501 g/mol. The molecule has 10 heteroatoms. The summed E-state index contributed by atoms with van der Waals surface area (Å²) in [6.07, 6.45) is 0. The van der Waals surface area contributed by atoms with Gasteiger partial charge in [0, 0.05) is 16.3 Å². The fourth-order valence-corrected chi connectivity index (χ4v) is 3.84. The summed E-state index contributed by atoms with van der Waals surface area (Å²) in [5, 5.41) is 6.04. The molecule has 3 amide bonds. The van der Waals surface area contributed by atoms with Gasteiger partial charge in [-0.25, -0.2) is 4.90 Å². The molecule has 0 unspecified atom stereocenters. The number of amides is 3. The van der Waals surface area contributed by atoms with E-state index in [0.29, 0.717) is 27.0 Å². The number of hydrogen-bond acceptors (Lipinski definition) is 5. The largest absolute Gasteiger partial charge is 0.495 e. The molecular formula is C24H16Cl3N3O4. The maximum absolute atomic E-state index is 13.0. The zero-order valence-electron chi connectivity index (χ0n) is 17.6. The first-order valence-electron chi connectivity index (χ1n) is 9.85. The third-order valence-electron chi connectivity index (χ3n) is 4.95. The SMILES string of the molecule is COc1ccc(Cl)cc1N1C(=O)C(Cl)=C(Nc2ccc(C(=O)Nc3ccccc3Cl)cc2)C1=O. The maximum Gasteiger partial charge on any atom is 0.283 e. The fourth-order valence-electron chi connectivity index (χ4n) is 3.27. The minimum atomic E-state index is -0.717. The molecule has 34 heavy (non-hydrogen) atoms. The Morgan fingerprint density at radius 3 is 2.29 bits per heavy atom. The van der Waals surface area contributed by atoms with Crippen LogP contribution in [0.25, 0.3) is 0 Å². The van der Waals surface area contributed by atoms with Crippen LogP contribution in [0.3, 0.4) is 0 Å². The van der Waals surface area contributed by atoms with E-state index < -0.39 is 11.8 Å². The maximum atomic E-state index is 13.0. The first-order valence-corrected chi connectivity index (χ1v) is 11.0. The minimum absolute atomic E-state index is 0.109. The van der Waals surface area contributed by atoms with E-state index in [4.69, 9.17) is 39.5 Å². The number of hydrogen-bond donors (Lipinski definition) is 2. The van der Waals surface area contributed by atoms with Crippen LogP contribution in [0.5, 0.6) is 5.75 Å². The molecule has 4 rings (SSSR count). The lowest BCUT2D eigenvalue weighted by molar-refractivity contribution is -0.120. The van der Waals surface area contributed by atoms with E-state index in [2.05, 4.69) is 10.6 Å². The van der Waals surface area contributed by atoms with Gasteiger partial charge in [-0.05, 0) is 54.6 Å². The number of rotatable bonds is 6. The predicted molar refractivity (Wildman–Crippen MR) is 133 cm³/mol. The molecule has 172 valence electrons. The summed E-state index contributed by atoms with van der Waals surface area (Å²) < 4.78 is 5.25. The van der Waals surface area contributed by atoms with Crippen molar-refractivity contribution in [2.24, 2.45) is 0 Å². The molecule has 0 fully saturated rings. The molecule has 3 aromatic carbocycles. The van der Waals surface area contributed by atoms with Gasteiger partial charge in [0.1, 0.15) is 16.5 Å². The lowest BCUT2D eigenvalue weighted by Crippen LogP contribution is -2.32. The van der Waals surface area contributed by atoms with Crippen molar-refractivity contribution >= 4 is 69.6 Å². The van der Waals surface area contributed by atoms with Crippen LogP contribution < -0.4 is 20.3 Å². The van der Waals surface area contributed by atoms with Gasteiger partial charge in [-0.2, -0.15) is 0 Å². The number of para-hydroxylation sites is 1. The van der Waals surface area contributed by atoms with Crippen molar-refractivity contribution in [3.8, 4) is 5.75 Å². The molecule has 1 aliphatic heterocycles. The van der Waals surface area contributed by atoms with Crippen LogP contribution in [0.4, 0.5) is 17.1 Å². The van der Waals surface area contributed by atoms with Gasteiger partial charge in [0.25, 0.3) is 17.7 Å². The van der Waals surface area contributed by atoms with Gasteiger partial charge < -0.3 is 15.4 Å². The lowest BCUT2D eigenvalue weighted by Gasteiger charge is -2.18. The highest BCUT2D eigenvalue weighted by atomic mass is 35.5. The average molecular weight is 517 g/mol. The van der Waals surface area contributed by atoms with Gasteiger partial charge in [-0.15, -0.1) is 0 Å². The number of imide groups is 1. The normalized spacial score (nSPS) is 13.4. The summed E-state index contributed by atoms with van der Waals surface area (Å²) in [6.45, 7) is 0. The molecule has 0 saturated heterocycles. The molecule has 3 aromatic rings. The number of carbonyl (C=O) groups is 3. The quantitative estimate of drug-likeness (QED) is 0.411. The van der Waals surface area contributed by atoms with Crippen molar-refractivity contribution in [1.29, 1.82) is 0 Å². The predicted octanol–water partition coefficient (Wildman–Crippen LogP) is 5.69. The van der Waals surface area contributed by atoms with Crippen molar-refractivity contribution in [2.45, 2.75) is 0 Å². The summed E-state index contributed by atoms with van der Waals surface area (Å²) in [4.78, 5) is 39.2. The summed E-state index contributed by atoms with van der Waals surface area (Å²) in [7, 11) is 1.41. The third-order valence-corrected chi connectivity index (χ3v) is 5.86. The molecule has 0 aromatic heterocycles. The van der Waals surface area contributed by atoms with Crippen LogP contribution >= 0.6 is 34.8 Å². The van der Waals surface area contributed by atoms with Crippen LogP contribution in [-0.4, -0.2) is 24.8 Å². The van der Waals surface area contributed by atoms with E-state index in [0.717, 1.165) is 4.90 Å². The van der Waals surface area contributed by atoms with E-state index in [1.54, 1.807) is 60.7 Å². The zero-order chi connectivity index (χ0) is 24.4. The van der Waals surface area contributed by atoms with Gasteiger partial charge in [0.05, 0.1) is 23.5 Å². The second kappa shape index (κ2) is 9.77. The average Bonchev–Trinajstić information content (AvgIpc) is 3.04. The molecule has 7 nitrogen and oxygen atoms in total. The van der Waals surface area contributed by atoms with E-state index in [9.17, 15) is 14.4 Å². The van der Waals surface area contributed by atoms with Crippen LogP contribution in [0.2, 0.25) is 10.0 Å². The lowest BCUT2D eigenvalue weighted by atomic mass is 10.2. The summed E-state index contributed by atoms with van der Waals surface area (Å²) in [6, 6.07) is 17.7. The molecule has 1 aliphatic rings.